The van der Waals surface area contributed by atoms with Crippen molar-refractivity contribution in [2.75, 3.05) is 44.4 Å². The summed E-state index contributed by atoms with van der Waals surface area (Å²) in [4.78, 5) is 5.00. The Morgan fingerprint density at radius 3 is 2.61 bits per heavy atom. The monoisotopic (exact) mass is 483 g/mol. The van der Waals surface area contributed by atoms with Gasteiger partial charge in [-0.2, -0.15) is 0 Å². The summed E-state index contributed by atoms with van der Waals surface area (Å²) >= 11 is 3.73. The quantitative estimate of drug-likeness (QED) is 0.540. The fourth-order valence-electron chi connectivity index (χ4n) is 4.55. The number of halogens is 1. The molecule has 2 heterocycles. The van der Waals surface area contributed by atoms with Gasteiger partial charge in [0, 0.05) is 28.9 Å². The molecule has 0 aromatic heterocycles. The molecule has 1 saturated heterocycles. The number of para-hydroxylation sites is 1. The van der Waals surface area contributed by atoms with E-state index in [2.05, 4.69) is 79.6 Å². The van der Waals surface area contributed by atoms with Gasteiger partial charge in [0.25, 0.3) is 0 Å². The number of hydrogen-bond acceptors (Lipinski definition) is 4. The number of nitrogens with zero attached hydrogens (tertiary/aromatic N) is 2. The fraction of sp³-hybridized carbons (Fsp3) is 0.462. The van der Waals surface area contributed by atoms with Crippen LogP contribution in [0.1, 0.15) is 31.7 Å². The summed E-state index contributed by atoms with van der Waals surface area (Å²) in [6.45, 7) is 8.20. The number of benzene rings is 2. The zero-order chi connectivity index (χ0) is 21.5. The lowest BCUT2D eigenvalue weighted by Gasteiger charge is -2.34. The number of hydrogen-bond donors (Lipinski definition) is 1. The summed E-state index contributed by atoms with van der Waals surface area (Å²) in [6.07, 6.45) is 7.16. The summed E-state index contributed by atoms with van der Waals surface area (Å²) in [5.41, 5.74) is 4.06. The molecule has 0 bridgehead atoms. The summed E-state index contributed by atoms with van der Waals surface area (Å²) in [6, 6.07) is 17.0. The molecule has 2 aromatic carbocycles. The van der Waals surface area contributed by atoms with Gasteiger partial charge in [0.15, 0.2) is 0 Å². The van der Waals surface area contributed by atoms with E-state index in [1.807, 2.05) is 13.0 Å². The molecule has 0 spiro atoms. The van der Waals surface area contributed by atoms with Gasteiger partial charge in [0.1, 0.15) is 5.75 Å². The molecule has 0 aliphatic carbocycles. The first-order chi connectivity index (χ1) is 15.2. The van der Waals surface area contributed by atoms with Crippen LogP contribution < -0.4 is 15.0 Å². The molecule has 4 nitrogen and oxygen atoms in total. The van der Waals surface area contributed by atoms with Crippen LogP contribution in [0, 0.1) is 5.92 Å². The van der Waals surface area contributed by atoms with Crippen LogP contribution in [0.5, 0.6) is 5.75 Å². The van der Waals surface area contributed by atoms with Crippen LogP contribution in [-0.4, -0.2) is 44.4 Å². The normalized spacial score (nSPS) is 17.9. The van der Waals surface area contributed by atoms with Crippen LogP contribution >= 0.6 is 15.9 Å². The molecule has 5 heteroatoms. The Labute approximate surface area is 195 Å². The largest absolute Gasteiger partial charge is 0.494 e. The first kappa shape index (κ1) is 22.2. The molecule has 1 fully saturated rings. The first-order valence-electron chi connectivity index (χ1n) is 11.6. The average Bonchev–Trinajstić information content (AvgIpc) is 2.82. The van der Waals surface area contributed by atoms with Gasteiger partial charge in [0.2, 0.25) is 0 Å². The maximum absolute atomic E-state index is 5.69. The molecule has 31 heavy (non-hydrogen) atoms. The van der Waals surface area contributed by atoms with Gasteiger partial charge in [-0.3, -0.25) is 0 Å². The highest BCUT2D eigenvalue weighted by Crippen LogP contribution is 2.29. The second-order valence-corrected chi connectivity index (χ2v) is 9.40. The van der Waals surface area contributed by atoms with E-state index in [1.165, 1.54) is 47.4 Å². The highest BCUT2D eigenvalue weighted by molar-refractivity contribution is 9.10. The molecule has 2 aromatic rings. The highest BCUT2D eigenvalue weighted by Gasteiger charge is 2.21. The van der Waals surface area contributed by atoms with Gasteiger partial charge in [-0.15, -0.1) is 0 Å². The first-order valence-corrected chi connectivity index (χ1v) is 12.4. The third kappa shape index (κ3) is 6.27. The summed E-state index contributed by atoms with van der Waals surface area (Å²) in [5.74, 6) is 1.74. The number of nitrogens with one attached hydrogen (secondary N) is 1. The fourth-order valence-corrected chi connectivity index (χ4v) is 4.96. The molecule has 2 aliphatic rings. The molecular weight excluding hydrogens is 450 g/mol. The number of rotatable bonds is 8. The lowest BCUT2D eigenvalue weighted by Crippen LogP contribution is -2.40. The Bertz CT molecular complexity index is 862. The van der Waals surface area contributed by atoms with E-state index in [0.29, 0.717) is 0 Å². The van der Waals surface area contributed by atoms with Crippen LogP contribution in [0.2, 0.25) is 0 Å². The van der Waals surface area contributed by atoms with Gasteiger partial charge < -0.3 is 19.9 Å². The van der Waals surface area contributed by atoms with E-state index >= 15 is 0 Å². The van der Waals surface area contributed by atoms with Crippen LogP contribution in [0.25, 0.3) is 0 Å². The van der Waals surface area contributed by atoms with E-state index in [-0.39, 0.29) is 0 Å². The standard InChI is InChI=1S/C26H34BrN3O/c1-2-31-25-8-9-26(27)22(19-25)18-21-10-14-29(15-11-21)16-12-23-13-17-30(20-28-23)24-6-4-3-5-7-24/h3-9,13,19,21,28H,2,10-12,14-18,20H2,1H3. The molecule has 0 unspecified atom stereocenters. The van der Waals surface area contributed by atoms with E-state index in [0.717, 1.165) is 50.9 Å². The topological polar surface area (TPSA) is 27.7 Å². The Morgan fingerprint density at radius 2 is 1.90 bits per heavy atom. The van der Waals surface area contributed by atoms with E-state index in [1.54, 1.807) is 0 Å². The third-order valence-corrected chi connectivity index (χ3v) is 7.19. The predicted molar refractivity (Wildman–Crippen MR) is 133 cm³/mol. The lowest BCUT2D eigenvalue weighted by molar-refractivity contribution is 0.185. The van der Waals surface area contributed by atoms with Gasteiger partial charge in [-0.1, -0.05) is 34.1 Å². The minimum Gasteiger partial charge on any atom is -0.494 e. The number of piperidine rings is 1. The van der Waals surface area contributed by atoms with Gasteiger partial charge in [-0.05, 0) is 93.6 Å². The maximum Gasteiger partial charge on any atom is 0.119 e. The van der Waals surface area contributed by atoms with Crippen molar-refractivity contribution in [1.29, 1.82) is 0 Å². The number of likely N-dealkylation sites (tertiary alicyclic amines) is 1. The van der Waals surface area contributed by atoms with Crippen molar-refractivity contribution in [2.45, 2.75) is 32.6 Å². The van der Waals surface area contributed by atoms with Crippen molar-refractivity contribution in [3.63, 3.8) is 0 Å². The Hall–Kier alpha value is -1.98. The van der Waals surface area contributed by atoms with Gasteiger partial charge in [-0.25, -0.2) is 0 Å². The van der Waals surface area contributed by atoms with Crippen LogP contribution in [0.15, 0.2) is 64.8 Å². The Balaban J connectivity index is 1.20. The minimum atomic E-state index is 0.717. The Kier molecular flexibility index (Phi) is 7.92. The van der Waals surface area contributed by atoms with E-state index in [9.17, 15) is 0 Å². The van der Waals surface area contributed by atoms with E-state index in [4.69, 9.17) is 4.74 Å². The van der Waals surface area contributed by atoms with Crippen LogP contribution in [-0.2, 0) is 6.42 Å². The predicted octanol–water partition coefficient (Wildman–Crippen LogP) is 5.44. The summed E-state index contributed by atoms with van der Waals surface area (Å²) in [5, 5.41) is 3.61. The molecule has 0 radical (unpaired) electrons. The Morgan fingerprint density at radius 1 is 1.10 bits per heavy atom. The summed E-state index contributed by atoms with van der Waals surface area (Å²) in [7, 11) is 0. The van der Waals surface area contributed by atoms with Crippen molar-refractivity contribution in [3.8, 4) is 5.75 Å². The van der Waals surface area contributed by atoms with Crippen molar-refractivity contribution in [3.05, 3.63) is 70.3 Å². The molecule has 4 rings (SSSR count). The highest BCUT2D eigenvalue weighted by atomic mass is 79.9. The third-order valence-electron chi connectivity index (χ3n) is 6.42. The molecule has 2 aliphatic heterocycles. The second-order valence-electron chi connectivity index (χ2n) is 8.55. The van der Waals surface area contributed by atoms with Crippen molar-refractivity contribution < 1.29 is 4.74 Å². The molecule has 0 atom stereocenters. The number of anilines is 1. The molecular formula is C26H34BrN3O. The summed E-state index contributed by atoms with van der Waals surface area (Å²) < 4.78 is 6.89. The molecule has 1 N–H and O–H groups in total. The van der Waals surface area contributed by atoms with E-state index < -0.39 is 0 Å². The zero-order valence-corrected chi connectivity index (χ0v) is 20.1. The maximum atomic E-state index is 5.69. The van der Waals surface area contributed by atoms with Crippen molar-refractivity contribution in [1.82, 2.24) is 10.2 Å². The van der Waals surface area contributed by atoms with Gasteiger partial charge in [0.05, 0.1) is 13.3 Å². The molecule has 0 amide bonds. The second kappa shape index (κ2) is 11.1. The zero-order valence-electron chi connectivity index (χ0n) is 18.5. The van der Waals surface area contributed by atoms with Crippen molar-refractivity contribution >= 4 is 21.6 Å². The SMILES string of the molecule is CCOc1ccc(Br)c(CC2CCN(CCC3=CCN(c4ccccc4)CN3)CC2)c1. The van der Waals surface area contributed by atoms with Crippen LogP contribution in [0.3, 0.4) is 0 Å². The smallest absolute Gasteiger partial charge is 0.119 e. The average molecular weight is 484 g/mol. The molecule has 166 valence electrons. The van der Waals surface area contributed by atoms with Crippen molar-refractivity contribution in [2.24, 2.45) is 5.92 Å². The van der Waals surface area contributed by atoms with Gasteiger partial charge >= 0.3 is 0 Å². The van der Waals surface area contributed by atoms with Crippen LogP contribution in [0.4, 0.5) is 5.69 Å². The molecule has 0 saturated carbocycles. The minimum absolute atomic E-state index is 0.717. The lowest BCUT2D eigenvalue weighted by atomic mass is 9.90. The number of ether oxygens (including phenoxy) is 1.